The Morgan fingerprint density at radius 3 is 2.39 bits per heavy atom. The third-order valence-corrected chi connectivity index (χ3v) is 2.98. The summed E-state index contributed by atoms with van der Waals surface area (Å²) in [6, 6.07) is 4.21. The number of carboxylic acids is 1. The molecule has 0 aliphatic carbocycles. The maximum atomic E-state index is 13.0. The highest BCUT2D eigenvalue weighted by Gasteiger charge is 2.25. The Labute approximate surface area is 105 Å². The van der Waals surface area contributed by atoms with E-state index in [9.17, 15) is 14.0 Å². The van der Waals surface area contributed by atoms with Crippen LogP contribution in [0.3, 0.4) is 0 Å². The van der Waals surface area contributed by atoms with Crippen LogP contribution in [0.1, 0.15) is 19.4 Å². The molecule has 1 amide bonds. The number of carbonyl (C=O) groups excluding carboxylic acids is 1. The molecule has 0 aliphatic rings. The molecule has 2 atom stereocenters. The quantitative estimate of drug-likeness (QED) is 0.866. The monoisotopic (exact) mass is 253 g/mol. The molecule has 5 heteroatoms. The Morgan fingerprint density at radius 2 is 1.89 bits per heavy atom. The van der Waals surface area contributed by atoms with Gasteiger partial charge in [-0.2, -0.15) is 0 Å². The molecule has 0 spiro atoms. The van der Waals surface area contributed by atoms with Gasteiger partial charge in [-0.1, -0.05) is 13.8 Å². The lowest BCUT2D eigenvalue weighted by Crippen LogP contribution is -2.29. The molecule has 1 aromatic carbocycles. The van der Waals surface area contributed by atoms with E-state index in [1.54, 1.807) is 13.8 Å². The van der Waals surface area contributed by atoms with E-state index in [0.717, 1.165) is 0 Å². The minimum absolute atomic E-state index is 0.347. The first-order chi connectivity index (χ1) is 8.32. The predicted molar refractivity (Wildman–Crippen MR) is 65.7 cm³/mol. The third-order valence-electron chi connectivity index (χ3n) is 2.98. The SMILES string of the molecule is Cc1cc(NC(=O)C(C)C(C)C(=O)O)ccc1F. The number of hydrogen-bond donors (Lipinski definition) is 2. The van der Waals surface area contributed by atoms with Crippen LogP contribution >= 0.6 is 0 Å². The number of carbonyl (C=O) groups is 2. The standard InChI is InChI=1S/C13H16FNO3/c1-7-6-10(4-5-11(7)14)15-12(16)8(2)9(3)13(17)18/h4-6,8-9H,1-3H3,(H,15,16)(H,17,18). The zero-order valence-corrected chi connectivity index (χ0v) is 10.5. The van der Waals surface area contributed by atoms with E-state index in [1.165, 1.54) is 25.1 Å². The van der Waals surface area contributed by atoms with E-state index in [-0.39, 0.29) is 5.82 Å². The van der Waals surface area contributed by atoms with Gasteiger partial charge in [-0.3, -0.25) is 9.59 Å². The molecule has 0 saturated heterocycles. The Hall–Kier alpha value is -1.91. The molecular weight excluding hydrogens is 237 g/mol. The van der Waals surface area contributed by atoms with Crippen LogP contribution in [0.2, 0.25) is 0 Å². The smallest absolute Gasteiger partial charge is 0.307 e. The Balaban J connectivity index is 2.75. The van der Waals surface area contributed by atoms with E-state index in [1.807, 2.05) is 0 Å². The molecule has 4 nitrogen and oxygen atoms in total. The summed E-state index contributed by atoms with van der Waals surface area (Å²) in [5, 5.41) is 11.4. The number of halogens is 1. The number of amides is 1. The largest absolute Gasteiger partial charge is 0.481 e. The molecule has 0 aliphatic heterocycles. The van der Waals surface area contributed by atoms with Crippen molar-refractivity contribution in [3.63, 3.8) is 0 Å². The summed E-state index contributed by atoms with van der Waals surface area (Å²) in [6.45, 7) is 4.61. The fraction of sp³-hybridized carbons (Fsp3) is 0.385. The van der Waals surface area contributed by atoms with Gasteiger partial charge in [-0.05, 0) is 30.7 Å². The summed E-state index contributed by atoms with van der Waals surface area (Å²) < 4.78 is 13.0. The average molecular weight is 253 g/mol. The summed E-state index contributed by atoms with van der Waals surface area (Å²) in [5.74, 6) is -3.19. The number of anilines is 1. The summed E-state index contributed by atoms with van der Waals surface area (Å²) in [5.41, 5.74) is 0.884. The molecule has 0 heterocycles. The van der Waals surface area contributed by atoms with Gasteiger partial charge < -0.3 is 10.4 Å². The van der Waals surface area contributed by atoms with Gasteiger partial charge in [0.15, 0.2) is 0 Å². The van der Waals surface area contributed by atoms with Gasteiger partial charge >= 0.3 is 5.97 Å². The normalized spacial score (nSPS) is 13.8. The van der Waals surface area contributed by atoms with Crippen molar-refractivity contribution in [2.75, 3.05) is 5.32 Å². The second-order valence-electron chi connectivity index (χ2n) is 4.37. The van der Waals surface area contributed by atoms with Crippen LogP contribution in [-0.4, -0.2) is 17.0 Å². The Bertz CT molecular complexity index is 473. The van der Waals surface area contributed by atoms with Crippen LogP contribution in [0.4, 0.5) is 10.1 Å². The number of aryl methyl sites for hydroxylation is 1. The minimum Gasteiger partial charge on any atom is -0.481 e. The summed E-state index contributed by atoms with van der Waals surface area (Å²) in [6.07, 6.45) is 0. The number of hydrogen-bond acceptors (Lipinski definition) is 2. The first kappa shape index (κ1) is 14.2. The van der Waals surface area contributed by atoms with Crippen molar-refractivity contribution >= 4 is 17.6 Å². The molecule has 2 N–H and O–H groups in total. The van der Waals surface area contributed by atoms with Crippen molar-refractivity contribution in [2.45, 2.75) is 20.8 Å². The fourth-order valence-electron chi connectivity index (χ4n) is 1.42. The van der Waals surface area contributed by atoms with E-state index >= 15 is 0 Å². The van der Waals surface area contributed by atoms with Crippen LogP contribution in [0, 0.1) is 24.6 Å². The molecule has 1 rings (SSSR count). The van der Waals surface area contributed by atoms with Gasteiger partial charge in [0.25, 0.3) is 0 Å². The summed E-state index contributed by atoms with van der Waals surface area (Å²) in [7, 11) is 0. The lowest BCUT2D eigenvalue weighted by molar-refractivity contribution is -0.145. The zero-order chi connectivity index (χ0) is 13.9. The van der Waals surface area contributed by atoms with Gasteiger partial charge in [-0.15, -0.1) is 0 Å². The van der Waals surface area contributed by atoms with Gasteiger partial charge in [0.05, 0.1) is 5.92 Å². The molecule has 18 heavy (non-hydrogen) atoms. The molecule has 1 aromatic rings. The van der Waals surface area contributed by atoms with Crippen molar-refractivity contribution in [3.8, 4) is 0 Å². The molecule has 0 bridgehead atoms. The molecule has 2 unspecified atom stereocenters. The molecule has 98 valence electrons. The van der Waals surface area contributed by atoms with Crippen molar-refractivity contribution in [1.82, 2.24) is 0 Å². The van der Waals surface area contributed by atoms with Crippen LogP contribution in [-0.2, 0) is 9.59 Å². The summed E-state index contributed by atoms with van der Waals surface area (Å²) >= 11 is 0. The van der Waals surface area contributed by atoms with E-state index in [0.29, 0.717) is 11.3 Å². The Morgan fingerprint density at radius 1 is 1.28 bits per heavy atom. The van der Waals surface area contributed by atoms with E-state index < -0.39 is 23.7 Å². The zero-order valence-electron chi connectivity index (χ0n) is 10.5. The molecule has 0 fully saturated rings. The van der Waals surface area contributed by atoms with E-state index in [2.05, 4.69) is 5.32 Å². The molecule has 0 saturated carbocycles. The lowest BCUT2D eigenvalue weighted by atomic mass is 9.95. The van der Waals surface area contributed by atoms with Crippen molar-refractivity contribution in [1.29, 1.82) is 0 Å². The Kier molecular flexibility index (Phi) is 4.42. The molecule has 0 aromatic heterocycles. The highest BCUT2D eigenvalue weighted by molar-refractivity contribution is 5.94. The highest BCUT2D eigenvalue weighted by atomic mass is 19.1. The number of carboxylic acid groups (broad SMARTS) is 1. The maximum Gasteiger partial charge on any atom is 0.307 e. The van der Waals surface area contributed by atoms with Gasteiger partial charge in [0.1, 0.15) is 5.82 Å². The predicted octanol–water partition coefficient (Wildman–Crippen LogP) is 2.43. The fourth-order valence-corrected chi connectivity index (χ4v) is 1.42. The number of rotatable bonds is 4. The summed E-state index contributed by atoms with van der Waals surface area (Å²) in [4.78, 5) is 22.6. The van der Waals surface area contributed by atoms with Crippen molar-refractivity contribution < 1.29 is 19.1 Å². The average Bonchev–Trinajstić information content (AvgIpc) is 2.31. The molecule has 0 radical (unpaired) electrons. The number of benzene rings is 1. The molecular formula is C13H16FNO3. The van der Waals surface area contributed by atoms with E-state index in [4.69, 9.17) is 5.11 Å². The van der Waals surface area contributed by atoms with Crippen molar-refractivity contribution in [3.05, 3.63) is 29.6 Å². The number of nitrogens with one attached hydrogen (secondary N) is 1. The maximum absolute atomic E-state index is 13.0. The minimum atomic E-state index is -1.02. The van der Waals surface area contributed by atoms with Crippen LogP contribution in [0.5, 0.6) is 0 Å². The van der Waals surface area contributed by atoms with Crippen molar-refractivity contribution in [2.24, 2.45) is 11.8 Å². The number of aliphatic carboxylic acids is 1. The lowest BCUT2D eigenvalue weighted by Gasteiger charge is -2.16. The van der Waals surface area contributed by atoms with Crippen LogP contribution < -0.4 is 5.32 Å². The van der Waals surface area contributed by atoms with Gasteiger partial charge in [-0.25, -0.2) is 4.39 Å². The first-order valence-corrected chi connectivity index (χ1v) is 5.62. The second kappa shape index (κ2) is 5.62. The van der Waals surface area contributed by atoms with Gasteiger partial charge in [0, 0.05) is 11.6 Å². The van der Waals surface area contributed by atoms with Crippen LogP contribution in [0.15, 0.2) is 18.2 Å². The topological polar surface area (TPSA) is 66.4 Å². The first-order valence-electron chi connectivity index (χ1n) is 5.62. The highest BCUT2D eigenvalue weighted by Crippen LogP contribution is 2.17. The van der Waals surface area contributed by atoms with Gasteiger partial charge in [0.2, 0.25) is 5.91 Å². The van der Waals surface area contributed by atoms with Crippen LogP contribution in [0.25, 0.3) is 0 Å². The second-order valence-corrected chi connectivity index (χ2v) is 4.37. The third kappa shape index (κ3) is 3.29.